The van der Waals surface area contributed by atoms with Gasteiger partial charge >= 0.3 is 0 Å². The van der Waals surface area contributed by atoms with Crippen LogP contribution in [0.3, 0.4) is 0 Å². The van der Waals surface area contributed by atoms with Crippen molar-refractivity contribution in [3.05, 3.63) is 76.3 Å². The van der Waals surface area contributed by atoms with Gasteiger partial charge in [0.2, 0.25) is 5.91 Å². The third-order valence-electron chi connectivity index (χ3n) is 6.35. The molecule has 6 rings (SSSR count). The van der Waals surface area contributed by atoms with Crippen molar-refractivity contribution in [3.8, 4) is 5.82 Å². The Labute approximate surface area is 208 Å². The second-order valence-electron chi connectivity index (χ2n) is 8.63. The van der Waals surface area contributed by atoms with Crippen LogP contribution < -0.4 is 5.32 Å². The van der Waals surface area contributed by atoms with Crippen molar-refractivity contribution < 1.29 is 4.79 Å². The predicted molar refractivity (Wildman–Crippen MR) is 128 cm³/mol. The first-order valence-electron chi connectivity index (χ1n) is 10.7. The molecule has 0 aliphatic heterocycles. The molecule has 0 unspecified atom stereocenters. The molecular formula is C22H18Cl2N10O. The number of rotatable bonds is 4. The number of aryl methyl sites for hydroxylation is 1. The highest BCUT2D eigenvalue weighted by Crippen LogP contribution is 2.50. The molecule has 5 heterocycles. The minimum Gasteiger partial charge on any atom is -0.324 e. The topological polar surface area (TPSA) is 121 Å². The number of carbonyl (C=O) groups is 1. The third kappa shape index (κ3) is 3.46. The van der Waals surface area contributed by atoms with E-state index < -0.39 is 11.3 Å². The summed E-state index contributed by atoms with van der Waals surface area (Å²) in [6.07, 6.45) is 10.6. The first-order chi connectivity index (χ1) is 16.8. The fourth-order valence-electron chi connectivity index (χ4n) is 4.74. The van der Waals surface area contributed by atoms with Gasteiger partial charge in [-0.3, -0.25) is 9.48 Å². The summed E-state index contributed by atoms with van der Waals surface area (Å²) < 4.78 is 3.47. The van der Waals surface area contributed by atoms with Crippen LogP contribution in [0, 0.1) is 0 Å². The summed E-state index contributed by atoms with van der Waals surface area (Å²) in [6, 6.07) is 3.32. The van der Waals surface area contributed by atoms with E-state index in [0.717, 1.165) is 16.8 Å². The molecule has 13 heteroatoms. The van der Waals surface area contributed by atoms with E-state index in [1.807, 2.05) is 19.4 Å². The SMILES string of the molecule is Cn1cc([C@]2(C)C[C@@H](C(=O)Nc3cnc(-n4nccn4)c(Cl)c3)c3cnc4cc(Cl)nn4c32)cn1. The molecule has 35 heavy (non-hydrogen) atoms. The van der Waals surface area contributed by atoms with Crippen LogP contribution in [-0.2, 0) is 17.3 Å². The monoisotopic (exact) mass is 508 g/mol. The highest BCUT2D eigenvalue weighted by Gasteiger charge is 2.47. The third-order valence-corrected chi connectivity index (χ3v) is 6.81. The van der Waals surface area contributed by atoms with Crippen LogP contribution >= 0.6 is 23.2 Å². The largest absolute Gasteiger partial charge is 0.324 e. The summed E-state index contributed by atoms with van der Waals surface area (Å²) in [5.41, 5.74) is 3.13. The van der Waals surface area contributed by atoms with Crippen LogP contribution in [0.2, 0.25) is 10.2 Å². The van der Waals surface area contributed by atoms with Crippen LogP contribution in [0.15, 0.2) is 49.3 Å². The fourth-order valence-corrected chi connectivity index (χ4v) is 5.15. The van der Waals surface area contributed by atoms with E-state index in [4.69, 9.17) is 23.2 Å². The minimum atomic E-state index is -0.548. The molecular weight excluding hydrogens is 491 g/mol. The van der Waals surface area contributed by atoms with Gasteiger partial charge in [-0.05, 0) is 19.4 Å². The second-order valence-corrected chi connectivity index (χ2v) is 9.42. The molecule has 11 nitrogen and oxygen atoms in total. The molecule has 0 aromatic carbocycles. The molecule has 0 bridgehead atoms. The zero-order chi connectivity index (χ0) is 24.3. The average Bonchev–Trinajstić information content (AvgIpc) is 3.60. The molecule has 176 valence electrons. The number of anilines is 1. The molecule has 0 saturated heterocycles. The maximum absolute atomic E-state index is 13.6. The summed E-state index contributed by atoms with van der Waals surface area (Å²) in [4.78, 5) is 23.7. The number of hydrogen-bond donors (Lipinski definition) is 1. The van der Waals surface area contributed by atoms with Crippen LogP contribution in [0.1, 0.15) is 36.1 Å². The van der Waals surface area contributed by atoms with Gasteiger partial charge in [0.25, 0.3) is 0 Å². The Bertz CT molecular complexity index is 1590. The standard InChI is InChI=1S/C22H18Cl2N10O/c1-22(12-8-29-32(2)11-12)7-14(15-10-25-18-6-17(24)31-33(18)19(15)22)21(35)30-13-5-16(23)20(26-9-13)34-27-3-4-28-34/h3-6,8-11,14H,7H2,1-2H3,(H,30,35)/t14-,22+/m1/s1. The zero-order valence-corrected chi connectivity index (χ0v) is 20.1. The van der Waals surface area contributed by atoms with Crippen molar-refractivity contribution in [2.75, 3.05) is 5.32 Å². The number of nitrogens with zero attached hydrogens (tertiary/aromatic N) is 9. The lowest BCUT2D eigenvalue weighted by atomic mass is 9.80. The molecule has 5 aromatic rings. The fraction of sp³-hybridized carbons (Fsp3) is 0.227. The Balaban J connectivity index is 1.38. The van der Waals surface area contributed by atoms with Gasteiger partial charge in [0.05, 0.1) is 47.1 Å². The van der Waals surface area contributed by atoms with Crippen molar-refractivity contribution in [3.63, 3.8) is 0 Å². The van der Waals surface area contributed by atoms with Gasteiger partial charge in [-0.2, -0.15) is 20.4 Å². The average molecular weight is 509 g/mol. The highest BCUT2D eigenvalue weighted by molar-refractivity contribution is 6.32. The first kappa shape index (κ1) is 21.7. The highest BCUT2D eigenvalue weighted by atomic mass is 35.5. The Morgan fingerprint density at radius 1 is 1.11 bits per heavy atom. The molecule has 2 atom stereocenters. The Hall–Kier alpha value is -3.83. The van der Waals surface area contributed by atoms with E-state index in [2.05, 4.69) is 42.6 Å². The second kappa shape index (κ2) is 7.85. The lowest BCUT2D eigenvalue weighted by Gasteiger charge is -2.24. The number of nitrogens with one attached hydrogen (secondary N) is 1. The van der Waals surface area contributed by atoms with Crippen LogP contribution in [0.5, 0.6) is 0 Å². The Morgan fingerprint density at radius 3 is 2.63 bits per heavy atom. The summed E-state index contributed by atoms with van der Waals surface area (Å²) in [6.45, 7) is 2.08. The Kier molecular flexibility index (Phi) is 4.87. The summed E-state index contributed by atoms with van der Waals surface area (Å²) in [5, 5.41) is 20.5. The molecule has 5 aromatic heterocycles. The van der Waals surface area contributed by atoms with Gasteiger partial charge in [-0.15, -0.1) is 4.80 Å². The van der Waals surface area contributed by atoms with E-state index in [9.17, 15) is 4.79 Å². The van der Waals surface area contributed by atoms with Gasteiger partial charge in [-0.25, -0.2) is 14.5 Å². The van der Waals surface area contributed by atoms with Gasteiger partial charge < -0.3 is 5.32 Å². The molecule has 0 radical (unpaired) electrons. The minimum absolute atomic E-state index is 0.207. The molecule has 1 amide bonds. The predicted octanol–water partition coefficient (Wildman–Crippen LogP) is 3.18. The molecule has 0 saturated carbocycles. The van der Waals surface area contributed by atoms with Crippen molar-refractivity contribution in [1.82, 2.24) is 44.4 Å². The number of amides is 1. The van der Waals surface area contributed by atoms with Crippen molar-refractivity contribution >= 4 is 40.4 Å². The van der Waals surface area contributed by atoms with E-state index >= 15 is 0 Å². The zero-order valence-electron chi connectivity index (χ0n) is 18.6. The van der Waals surface area contributed by atoms with Crippen molar-refractivity contribution in [2.45, 2.75) is 24.7 Å². The van der Waals surface area contributed by atoms with Crippen molar-refractivity contribution in [2.24, 2.45) is 7.05 Å². The summed E-state index contributed by atoms with van der Waals surface area (Å²) in [5.74, 6) is -0.338. The smallest absolute Gasteiger partial charge is 0.232 e. The Morgan fingerprint density at radius 2 is 1.91 bits per heavy atom. The van der Waals surface area contributed by atoms with Crippen LogP contribution in [0.4, 0.5) is 5.69 Å². The number of hydrogen-bond acceptors (Lipinski definition) is 7. The maximum atomic E-state index is 13.6. The molecule has 1 N–H and O–H groups in total. The molecule has 1 aliphatic carbocycles. The lowest BCUT2D eigenvalue weighted by Crippen LogP contribution is -2.25. The number of carbonyl (C=O) groups excluding carboxylic acids is 1. The quantitative estimate of drug-likeness (QED) is 0.395. The number of halogens is 2. The van der Waals surface area contributed by atoms with Gasteiger partial charge in [0.15, 0.2) is 16.6 Å². The number of fused-ring (bicyclic) bond motifs is 3. The van der Waals surface area contributed by atoms with Crippen LogP contribution in [0.25, 0.3) is 11.5 Å². The van der Waals surface area contributed by atoms with Gasteiger partial charge in [0, 0.05) is 42.0 Å². The molecule has 0 spiro atoms. The summed E-state index contributed by atoms with van der Waals surface area (Å²) >= 11 is 12.6. The lowest BCUT2D eigenvalue weighted by molar-refractivity contribution is -0.117. The van der Waals surface area contributed by atoms with Crippen LogP contribution in [-0.4, -0.2) is 50.3 Å². The van der Waals surface area contributed by atoms with Crippen molar-refractivity contribution in [1.29, 1.82) is 0 Å². The number of pyridine rings is 1. The van der Waals surface area contributed by atoms with E-state index in [1.165, 1.54) is 23.4 Å². The van der Waals surface area contributed by atoms with E-state index in [1.54, 1.807) is 27.5 Å². The molecule has 0 fully saturated rings. The maximum Gasteiger partial charge on any atom is 0.232 e. The summed E-state index contributed by atoms with van der Waals surface area (Å²) in [7, 11) is 1.86. The molecule has 1 aliphatic rings. The van der Waals surface area contributed by atoms with E-state index in [-0.39, 0.29) is 5.91 Å². The van der Waals surface area contributed by atoms with Gasteiger partial charge in [-0.1, -0.05) is 23.2 Å². The normalized spacial score (nSPS) is 19.3. The first-order valence-corrected chi connectivity index (χ1v) is 11.5. The number of aromatic nitrogens is 9. The van der Waals surface area contributed by atoms with Gasteiger partial charge in [0.1, 0.15) is 0 Å². The van der Waals surface area contributed by atoms with E-state index in [0.29, 0.717) is 33.7 Å².